The standard InChI is InChI=1S/C14H16FNO4S/c1-3-5-10-8-11(14(17)20-2)13(15)12(9-10)16-6-4-7-21(16,18)19/h3,5,8-9H,4,6-7H2,1-2H3. The van der Waals surface area contributed by atoms with Crippen LogP contribution in [0.25, 0.3) is 6.08 Å². The zero-order valence-electron chi connectivity index (χ0n) is 11.8. The normalized spacial score (nSPS) is 17.4. The third-order valence-corrected chi connectivity index (χ3v) is 5.06. The number of ether oxygens (including phenoxy) is 1. The van der Waals surface area contributed by atoms with Gasteiger partial charge in [0.15, 0.2) is 5.82 Å². The predicted octanol–water partition coefficient (Wildman–Crippen LogP) is 2.19. The number of halogens is 1. The number of benzene rings is 1. The first-order valence-corrected chi connectivity index (χ1v) is 8.06. The SMILES string of the molecule is CC=Cc1cc(C(=O)OC)c(F)c(N2CCCS2(=O)=O)c1. The van der Waals surface area contributed by atoms with Crippen molar-refractivity contribution in [3.63, 3.8) is 0 Å². The minimum absolute atomic E-state index is 0.0200. The van der Waals surface area contributed by atoms with Gasteiger partial charge in [-0.15, -0.1) is 0 Å². The maximum atomic E-state index is 14.5. The average Bonchev–Trinajstić information content (AvgIpc) is 2.79. The van der Waals surface area contributed by atoms with Gasteiger partial charge >= 0.3 is 5.97 Å². The fourth-order valence-corrected chi connectivity index (χ4v) is 3.82. The number of sulfonamides is 1. The summed E-state index contributed by atoms with van der Waals surface area (Å²) in [4.78, 5) is 11.7. The first-order chi connectivity index (χ1) is 9.90. The number of esters is 1. The molecule has 114 valence electrons. The molecule has 1 aliphatic heterocycles. The molecule has 1 aliphatic rings. The van der Waals surface area contributed by atoms with Gasteiger partial charge in [0.05, 0.1) is 24.1 Å². The number of rotatable bonds is 3. The van der Waals surface area contributed by atoms with E-state index in [4.69, 9.17) is 0 Å². The molecule has 1 saturated heterocycles. The molecule has 1 aromatic rings. The second-order valence-electron chi connectivity index (χ2n) is 4.63. The molecule has 0 aromatic heterocycles. The largest absolute Gasteiger partial charge is 0.465 e. The first kappa shape index (κ1) is 15.5. The first-order valence-electron chi connectivity index (χ1n) is 6.45. The van der Waals surface area contributed by atoms with Crippen LogP contribution in [0.4, 0.5) is 10.1 Å². The van der Waals surface area contributed by atoms with E-state index < -0.39 is 21.8 Å². The summed E-state index contributed by atoms with van der Waals surface area (Å²) >= 11 is 0. The van der Waals surface area contributed by atoms with Gasteiger partial charge in [-0.25, -0.2) is 17.6 Å². The summed E-state index contributed by atoms with van der Waals surface area (Å²) in [7, 11) is -2.38. The number of hydrogen-bond donors (Lipinski definition) is 0. The quantitative estimate of drug-likeness (QED) is 0.802. The van der Waals surface area contributed by atoms with E-state index in [1.807, 2.05) is 0 Å². The molecule has 0 unspecified atom stereocenters. The molecule has 1 fully saturated rings. The van der Waals surface area contributed by atoms with Crippen LogP contribution in [0.3, 0.4) is 0 Å². The van der Waals surface area contributed by atoms with E-state index in [-0.39, 0.29) is 23.5 Å². The van der Waals surface area contributed by atoms with Crippen LogP contribution in [0, 0.1) is 5.82 Å². The molecule has 0 N–H and O–H groups in total. The van der Waals surface area contributed by atoms with E-state index >= 15 is 0 Å². The van der Waals surface area contributed by atoms with E-state index in [2.05, 4.69) is 4.74 Å². The van der Waals surface area contributed by atoms with Crippen LogP contribution in [0.1, 0.15) is 29.3 Å². The lowest BCUT2D eigenvalue weighted by atomic mass is 10.1. The highest BCUT2D eigenvalue weighted by atomic mass is 32.2. The van der Waals surface area contributed by atoms with Crippen LogP contribution in [0.15, 0.2) is 18.2 Å². The Labute approximate surface area is 123 Å². The molecular weight excluding hydrogens is 297 g/mol. The molecule has 5 nitrogen and oxygen atoms in total. The topological polar surface area (TPSA) is 63.7 Å². The van der Waals surface area contributed by atoms with Crippen molar-refractivity contribution < 1.29 is 22.3 Å². The molecule has 0 atom stereocenters. The maximum absolute atomic E-state index is 14.5. The second kappa shape index (κ2) is 5.85. The van der Waals surface area contributed by atoms with Crippen LogP contribution in [0.2, 0.25) is 0 Å². The van der Waals surface area contributed by atoms with Crippen LogP contribution in [-0.4, -0.2) is 33.8 Å². The number of anilines is 1. The van der Waals surface area contributed by atoms with Gasteiger partial charge in [-0.3, -0.25) is 4.31 Å². The van der Waals surface area contributed by atoms with Gasteiger partial charge in [0.2, 0.25) is 10.0 Å². The monoisotopic (exact) mass is 313 g/mol. The zero-order chi connectivity index (χ0) is 15.6. The number of methoxy groups -OCH3 is 1. The Kier molecular flexibility index (Phi) is 4.32. The van der Waals surface area contributed by atoms with Crippen molar-refractivity contribution in [3.8, 4) is 0 Å². The zero-order valence-corrected chi connectivity index (χ0v) is 12.6. The van der Waals surface area contributed by atoms with Crippen molar-refractivity contribution in [3.05, 3.63) is 35.2 Å². The fourth-order valence-electron chi connectivity index (χ4n) is 2.27. The predicted molar refractivity (Wildman–Crippen MR) is 78.2 cm³/mol. The summed E-state index contributed by atoms with van der Waals surface area (Å²) < 4.78 is 44.0. The van der Waals surface area contributed by atoms with E-state index in [1.54, 1.807) is 19.1 Å². The van der Waals surface area contributed by atoms with Gasteiger partial charge in [0.1, 0.15) is 0 Å². The molecule has 0 saturated carbocycles. The third-order valence-electron chi connectivity index (χ3n) is 3.21. The second-order valence-corrected chi connectivity index (χ2v) is 6.65. The molecule has 0 spiro atoms. The van der Waals surface area contributed by atoms with Crippen LogP contribution >= 0.6 is 0 Å². The summed E-state index contributed by atoms with van der Waals surface area (Å²) in [5, 5.41) is 0. The molecule has 0 radical (unpaired) electrons. The molecule has 0 bridgehead atoms. The minimum Gasteiger partial charge on any atom is -0.465 e. The highest BCUT2D eigenvalue weighted by Crippen LogP contribution is 2.31. The van der Waals surface area contributed by atoms with Gasteiger partial charge in [-0.05, 0) is 31.0 Å². The molecule has 21 heavy (non-hydrogen) atoms. The van der Waals surface area contributed by atoms with E-state index in [0.717, 1.165) is 11.4 Å². The molecule has 0 aliphatic carbocycles. The van der Waals surface area contributed by atoms with Gasteiger partial charge in [-0.2, -0.15) is 0 Å². The van der Waals surface area contributed by atoms with E-state index in [9.17, 15) is 17.6 Å². The van der Waals surface area contributed by atoms with Crippen LogP contribution in [-0.2, 0) is 14.8 Å². The Bertz CT molecular complexity index is 697. The number of carbonyl (C=O) groups excluding carboxylic acids is 1. The van der Waals surface area contributed by atoms with Crippen molar-refractivity contribution in [2.75, 3.05) is 23.7 Å². The molecule has 1 heterocycles. The Morgan fingerprint density at radius 1 is 1.43 bits per heavy atom. The summed E-state index contributed by atoms with van der Waals surface area (Å²) in [5.41, 5.74) is 0.158. The highest BCUT2D eigenvalue weighted by Gasteiger charge is 2.32. The molecule has 0 amide bonds. The van der Waals surface area contributed by atoms with Gasteiger partial charge < -0.3 is 4.74 Å². The maximum Gasteiger partial charge on any atom is 0.340 e. The van der Waals surface area contributed by atoms with Crippen LogP contribution < -0.4 is 4.31 Å². The van der Waals surface area contributed by atoms with Gasteiger partial charge in [0.25, 0.3) is 0 Å². The van der Waals surface area contributed by atoms with Crippen molar-refractivity contribution in [2.45, 2.75) is 13.3 Å². The lowest BCUT2D eigenvalue weighted by molar-refractivity contribution is 0.0595. The van der Waals surface area contributed by atoms with Crippen molar-refractivity contribution >= 4 is 27.8 Å². The molecular formula is C14H16FNO4S. The lowest BCUT2D eigenvalue weighted by Crippen LogP contribution is -2.27. The third kappa shape index (κ3) is 2.92. The summed E-state index contributed by atoms with van der Waals surface area (Å²) in [6.45, 7) is 1.98. The summed E-state index contributed by atoms with van der Waals surface area (Å²) in [6, 6.07) is 2.76. The molecule has 7 heteroatoms. The lowest BCUT2D eigenvalue weighted by Gasteiger charge is -2.19. The Morgan fingerprint density at radius 3 is 2.67 bits per heavy atom. The smallest absolute Gasteiger partial charge is 0.340 e. The van der Waals surface area contributed by atoms with Crippen molar-refractivity contribution in [2.24, 2.45) is 0 Å². The highest BCUT2D eigenvalue weighted by molar-refractivity contribution is 7.93. The summed E-state index contributed by atoms with van der Waals surface area (Å²) in [6.07, 6.45) is 3.82. The molecule has 1 aromatic carbocycles. The Morgan fingerprint density at radius 2 is 2.14 bits per heavy atom. The minimum atomic E-state index is -3.53. The number of hydrogen-bond acceptors (Lipinski definition) is 4. The number of nitrogens with zero attached hydrogens (tertiary/aromatic N) is 1. The molecule has 2 rings (SSSR count). The van der Waals surface area contributed by atoms with Crippen molar-refractivity contribution in [1.29, 1.82) is 0 Å². The fraction of sp³-hybridized carbons (Fsp3) is 0.357. The van der Waals surface area contributed by atoms with Gasteiger partial charge in [-0.1, -0.05) is 12.2 Å². The number of allylic oxidation sites excluding steroid dienone is 1. The van der Waals surface area contributed by atoms with E-state index in [1.165, 1.54) is 12.1 Å². The Hall–Kier alpha value is -1.89. The van der Waals surface area contributed by atoms with Crippen LogP contribution in [0.5, 0.6) is 0 Å². The van der Waals surface area contributed by atoms with Gasteiger partial charge in [0, 0.05) is 6.54 Å². The Balaban J connectivity index is 2.64. The summed E-state index contributed by atoms with van der Waals surface area (Å²) in [5.74, 6) is -1.73. The van der Waals surface area contributed by atoms with E-state index in [0.29, 0.717) is 12.0 Å². The average molecular weight is 313 g/mol. The van der Waals surface area contributed by atoms with Crippen molar-refractivity contribution in [1.82, 2.24) is 0 Å². The number of carbonyl (C=O) groups is 1.